The third kappa shape index (κ3) is 3.05. The number of nitrogens with zero attached hydrogens (tertiary/aromatic N) is 1. The quantitative estimate of drug-likeness (QED) is 0.649. The predicted molar refractivity (Wildman–Crippen MR) is 54.1 cm³/mol. The minimum absolute atomic E-state index is 0.259. The highest BCUT2D eigenvalue weighted by atomic mass is 16.1. The summed E-state index contributed by atoms with van der Waals surface area (Å²) in [6.45, 7) is 4.11. The summed E-state index contributed by atoms with van der Waals surface area (Å²) in [4.78, 5) is 13.2. The molecule has 0 saturated heterocycles. The Morgan fingerprint density at radius 1 is 1.46 bits per heavy atom. The van der Waals surface area contributed by atoms with Crippen molar-refractivity contribution in [2.45, 2.75) is 33.1 Å². The monoisotopic (exact) mass is 179 g/mol. The second-order valence-electron chi connectivity index (χ2n) is 3.77. The Balaban J connectivity index is 2.71. The summed E-state index contributed by atoms with van der Waals surface area (Å²) in [6.07, 6.45) is 6.55. The second kappa shape index (κ2) is 4.26. The van der Waals surface area contributed by atoms with Crippen molar-refractivity contribution in [3.63, 3.8) is 0 Å². The molecule has 0 aliphatic heterocycles. The maximum Gasteiger partial charge on any atom is 0.157 e. The first-order chi connectivity index (χ1) is 6.09. The molecule has 0 atom stereocenters. The maximum atomic E-state index is 11.1. The molecule has 13 heavy (non-hydrogen) atoms. The highest BCUT2D eigenvalue weighted by Gasteiger charge is 2.11. The lowest BCUT2D eigenvalue weighted by molar-refractivity contribution is -0.115. The van der Waals surface area contributed by atoms with Crippen LogP contribution in [0.1, 0.15) is 33.1 Å². The van der Waals surface area contributed by atoms with E-state index in [0.717, 1.165) is 18.5 Å². The highest BCUT2D eigenvalue weighted by Crippen LogP contribution is 2.18. The normalized spacial score (nSPS) is 16.5. The zero-order valence-corrected chi connectivity index (χ0v) is 8.63. The van der Waals surface area contributed by atoms with E-state index in [0.29, 0.717) is 6.42 Å². The molecule has 0 saturated carbocycles. The Morgan fingerprint density at radius 3 is 2.69 bits per heavy atom. The van der Waals surface area contributed by atoms with Crippen LogP contribution in [0.2, 0.25) is 0 Å². The maximum absolute atomic E-state index is 11.1. The number of carbonyl (C=O) groups excluding carboxylic acids is 1. The standard InChI is InChI=1S/C11H17NO/c1-9(2)8-12(3)10-5-4-6-11(13)7-10/h7-8H,4-6H2,1-3H3. The molecule has 0 amide bonds. The Kier molecular flexibility index (Phi) is 3.29. The molecule has 1 aliphatic rings. The van der Waals surface area contributed by atoms with E-state index in [2.05, 4.69) is 20.0 Å². The van der Waals surface area contributed by atoms with Crippen LogP contribution in [-0.4, -0.2) is 17.7 Å². The van der Waals surface area contributed by atoms with Crippen molar-refractivity contribution in [1.82, 2.24) is 4.90 Å². The average Bonchev–Trinajstić information content (AvgIpc) is 2.03. The number of rotatable bonds is 2. The van der Waals surface area contributed by atoms with Crippen molar-refractivity contribution in [3.05, 3.63) is 23.5 Å². The fourth-order valence-corrected chi connectivity index (χ4v) is 1.52. The molecule has 0 spiro atoms. The fraction of sp³-hybridized carbons (Fsp3) is 0.545. The summed E-state index contributed by atoms with van der Waals surface area (Å²) in [5, 5.41) is 0. The van der Waals surface area contributed by atoms with Gasteiger partial charge in [-0.3, -0.25) is 4.79 Å². The molecule has 0 heterocycles. The van der Waals surface area contributed by atoms with Gasteiger partial charge >= 0.3 is 0 Å². The van der Waals surface area contributed by atoms with E-state index in [-0.39, 0.29) is 5.78 Å². The molecule has 72 valence electrons. The number of allylic oxidation sites excluding steroid dienone is 3. The molecule has 0 aromatic heterocycles. The van der Waals surface area contributed by atoms with E-state index in [1.54, 1.807) is 6.08 Å². The second-order valence-corrected chi connectivity index (χ2v) is 3.77. The van der Waals surface area contributed by atoms with E-state index in [1.807, 2.05) is 11.9 Å². The molecule has 0 fully saturated rings. The molecule has 0 unspecified atom stereocenters. The van der Waals surface area contributed by atoms with E-state index in [1.165, 1.54) is 5.57 Å². The van der Waals surface area contributed by atoms with E-state index < -0.39 is 0 Å². The minimum atomic E-state index is 0.259. The number of hydrogen-bond donors (Lipinski definition) is 0. The molecule has 2 nitrogen and oxygen atoms in total. The molecular formula is C11H17NO. The lowest BCUT2D eigenvalue weighted by Gasteiger charge is -2.21. The molecular weight excluding hydrogens is 162 g/mol. The first-order valence-corrected chi connectivity index (χ1v) is 4.71. The van der Waals surface area contributed by atoms with Crippen molar-refractivity contribution in [2.75, 3.05) is 7.05 Å². The van der Waals surface area contributed by atoms with Crippen LogP contribution < -0.4 is 0 Å². The summed E-state index contributed by atoms with van der Waals surface area (Å²) in [6, 6.07) is 0. The molecule has 0 aromatic rings. The van der Waals surface area contributed by atoms with Gasteiger partial charge in [-0.25, -0.2) is 0 Å². The topological polar surface area (TPSA) is 20.3 Å². The molecule has 1 rings (SSSR count). The van der Waals surface area contributed by atoms with Gasteiger partial charge in [0.2, 0.25) is 0 Å². The van der Waals surface area contributed by atoms with Gasteiger partial charge in [0.15, 0.2) is 5.78 Å². The first-order valence-electron chi connectivity index (χ1n) is 4.71. The van der Waals surface area contributed by atoms with Crippen LogP contribution in [0, 0.1) is 0 Å². The van der Waals surface area contributed by atoms with Crippen LogP contribution in [0.5, 0.6) is 0 Å². The zero-order valence-electron chi connectivity index (χ0n) is 8.63. The van der Waals surface area contributed by atoms with Crippen LogP contribution in [0.15, 0.2) is 23.5 Å². The van der Waals surface area contributed by atoms with Gasteiger partial charge in [-0.05, 0) is 26.7 Å². The third-order valence-electron chi connectivity index (χ3n) is 2.09. The van der Waals surface area contributed by atoms with Gasteiger partial charge in [0, 0.05) is 31.4 Å². The van der Waals surface area contributed by atoms with Crippen LogP contribution in [0.4, 0.5) is 0 Å². The molecule has 0 bridgehead atoms. The van der Waals surface area contributed by atoms with Crippen LogP contribution in [-0.2, 0) is 4.79 Å². The van der Waals surface area contributed by atoms with Crippen LogP contribution in [0.25, 0.3) is 0 Å². The summed E-state index contributed by atoms with van der Waals surface area (Å²) in [5.41, 5.74) is 2.39. The highest BCUT2D eigenvalue weighted by molar-refractivity contribution is 5.91. The van der Waals surface area contributed by atoms with Crippen molar-refractivity contribution in [3.8, 4) is 0 Å². The van der Waals surface area contributed by atoms with Crippen molar-refractivity contribution < 1.29 is 4.79 Å². The van der Waals surface area contributed by atoms with E-state index >= 15 is 0 Å². The Morgan fingerprint density at radius 2 is 2.15 bits per heavy atom. The van der Waals surface area contributed by atoms with Gasteiger partial charge in [0.05, 0.1) is 0 Å². The first kappa shape index (κ1) is 10.0. The van der Waals surface area contributed by atoms with Crippen LogP contribution >= 0.6 is 0 Å². The lowest BCUT2D eigenvalue weighted by atomic mass is 10.0. The van der Waals surface area contributed by atoms with Gasteiger partial charge in [0.1, 0.15) is 0 Å². The van der Waals surface area contributed by atoms with Gasteiger partial charge in [0.25, 0.3) is 0 Å². The summed E-state index contributed by atoms with van der Waals surface area (Å²) >= 11 is 0. The third-order valence-corrected chi connectivity index (χ3v) is 2.09. The Bertz CT molecular complexity index is 259. The largest absolute Gasteiger partial charge is 0.354 e. The summed E-state index contributed by atoms with van der Waals surface area (Å²) in [5.74, 6) is 0.259. The Labute approximate surface area is 79.9 Å². The van der Waals surface area contributed by atoms with Gasteiger partial charge in [-0.15, -0.1) is 0 Å². The average molecular weight is 179 g/mol. The molecule has 0 N–H and O–H groups in total. The molecule has 1 aliphatic carbocycles. The zero-order chi connectivity index (χ0) is 9.84. The predicted octanol–water partition coefficient (Wildman–Crippen LogP) is 2.48. The summed E-state index contributed by atoms with van der Waals surface area (Å²) in [7, 11) is 2.00. The van der Waals surface area contributed by atoms with Crippen LogP contribution in [0.3, 0.4) is 0 Å². The lowest BCUT2D eigenvalue weighted by Crippen LogP contribution is -2.16. The van der Waals surface area contributed by atoms with Gasteiger partial charge in [-0.2, -0.15) is 0 Å². The van der Waals surface area contributed by atoms with Gasteiger partial charge in [-0.1, -0.05) is 5.57 Å². The van der Waals surface area contributed by atoms with Crippen molar-refractivity contribution >= 4 is 5.78 Å². The number of carbonyl (C=O) groups is 1. The van der Waals surface area contributed by atoms with E-state index in [9.17, 15) is 4.79 Å². The van der Waals surface area contributed by atoms with Crippen molar-refractivity contribution in [1.29, 1.82) is 0 Å². The minimum Gasteiger partial charge on any atom is -0.354 e. The fourth-order valence-electron chi connectivity index (χ4n) is 1.52. The van der Waals surface area contributed by atoms with E-state index in [4.69, 9.17) is 0 Å². The molecule has 2 heteroatoms. The molecule has 0 aromatic carbocycles. The molecule has 0 radical (unpaired) electrons. The number of ketones is 1. The smallest absolute Gasteiger partial charge is 0.157 e. The van der Waals surface area contributed by atoms with Crippen molar-refractivity contribution in [2.24, 2.45) is 0 Å². The van der Waals surface area contributed by atoms with Gasteiger partial charge < -0.3 is 4.90 Å². The SMILES string of the molecule is CC(C)=CN(C)C1=CC(=O)CCC1. The Hall–Kier alpha value is -1.05. The summed E-state index contributed by atoms with van der Waals surface area (Å²) < 4.78 is 0. The number of hydrogen-bond acceptors (Lipinski definition) is 2.